The van der Waals surface area contributed by atoms with Gasteiger partial charge in [-0.15, -0.1) is 0 Å². The summed E-state index contributed by atoms with van der Waals surface area (Å²) in [5.74, 6) is 0.351. The molecule has 0 saturated carbocycles. The number of halogens is 2. The minimum atomic E-state index is -1.18. The number of aromatic nitrogens is 1. The van der Waals surface area contributed by atoms with Crippen LogP contribution < -0.4 is 5.73 Å². The largest absolute Gasteiger partial charge is 0.399 e. The van der Waals surface area contributed by atoms with E-state index in [9.17, 15) is 4.21 Å². The Morgan fingerprint density at radius 1 is 1.39 bits per heavy atom. The molecule has 18 heavy (non-hydrogen) atoms. The van der Waals surface area contributed by atoms with Crippen molar-refractivity contribution in [2.45, 2.75) is 10.6 Å². The number of rotatable bonds is 3. The maximum atomic E-state index is 12.3. The maximum Gasteiger partial charge on any atom is 0.0630 e. The fourth-order valence-corrected chi connectivity index (χ4v) is 3.83. The van der Waals surface area contributed by atoms with Crippen LogP contribution in [0.15, 0.2) is 46.0 Å². The standard InChI is InChI=1S/C12H10BrClN2OS/c13-10-5-9(15)1-2-12(10)18(17)7-8-3-4-16-6-11(8)14/h1-6H,7,15H2. The van der Waals surface area contributed by atoms with Crippen molar-refractivity contribution in [2.75, 3.05) is 5.73 Å². The highest BCUT2D eigenvalue weighted by Crippen LogP contribution is 2.26. The van der Waals surface area contributed by atoms with E-state index in [1.54, 1.807) is 36.7 Å². The van der Waals surface area contributed by atoms with Crippen LogP contribution in [0.5, 0.6) is 0 Å². The maximum absolute atomic E-state index is 12.3. The zero-order valence-corrected chi connectivity index (χ0v) is 12.4. The van der Waals surface area contributed by atoms with Gasteiger partial charge in [0.15, 0.2) is 0 Å². The summed E-state index contributed by atoms with van der Waals surface area (Å²) in [6, 6.07) is 6.99. The molecule has 1 aromatic carbocycles. The molecule has 2 N–H and O–H groups in total. The van der Waals surface area contributed by atoms with Crippen LogP contribution in [0.25, 0.3) is 0 Å². The molecule has 0 saturated heterocycles. The number of hydrogen-bond acceptors (Lipinski definition) is 3. The molecule has 0 aliphatic carbocycles. The van der Waals surface area contributed by atoms with Crippen molar-refractivity contribution < 1.29 is 4.21 Å². The highest BCUT2D eigenvalue weighted by Gasteiger charge is 2.11. The van der Waals surface area contributed by atoms with E-state index in [-0.39, 0.29) is 0 Å². The second-order valence-corrected chi connectivity index (χ2v) is 6.33. The fourth-order valence-electron chi connectivity index (χ4n) is 1.44. The van der Waals surface area contributed by atoms with Crippen molar-refractivity contribution in [1.82, 2.24) is 4.98 Å². The van der Waals surface area contributed by atoms with Crippen LogP contribution in [0.2, 0.25) is 5.02 Å². The smallest absolute Gasteiger partial charge is 0.0630 e. The van der Waals surface area contributed by atoms with Gasteiger partial charge in [-0.25, -0.2) is 0 Å². The topological polar surface area (TPSA) is 56.0 Å². The minimum Gasteiger partial charge on any atom is -0.399 e. The highest BCUT2D eigenvalue weighted by molar-refractivity contribution is 9.10. The van der Waals surface area contributed by atoms with Crippen molar-refractivity contribution >= 4 is 44.0 Å². The number of hydrogen-bond donors (Lipinski definition) is 1. The molecule has 0 bridgehead atoms. The van der Waals surface area contributed by atoms with E-state index < -0.39 is 10.8 Å². The van der Waals surface area contributed by atoms with Crippen LogP contribution >= 0.6 is 27.5 Å². The normalized spacial score (nSPS) is 12.3. The quantitative estimate of drug-likeness (QED) is 0.868. The number of anilines is 1. The first-order valence-corrected chi connectivity index (χ1v) is 7.58. The highest BCUT2D eigenvalue weighted by atomic mass is 79.9. The second-order valence-electron chi connectivity index (χ2n) is 3.65. The third-order valence-electron chi connectivity index (χ3n) is 2.34. The van der Waals surface area contributed by atoms with Gasteiger partial charge in [0.05, 0.1) is 26.5 Å². The van der Waals surface area contributed by atoms with Crippen molar-refractivity contribution in [3.8, 4) is 0 Å². The summed E-state index contributed by atoms with van der Waals surface area (Å²) in [6.45, 7) is 0. The van der Waals surface area contributed by atoms with Crippen LogP contribution in [0.1, 0.15) is 5.56 Å². The van der Waals surface area contributed by atoms with Gasteiger partial charge in [-0.2, -0.15) is 0 Å². The van der Waals surface area contributed by atoms with Gasteiger partial charge in [0.2, 0.25) is 0 Å². The van der Waals surface area contributed by atoms with Crippen LogP contribution in [0, 0.1) is 0 Å². The molecule has 1 aromatic heterocycles. The first kappa shape index (κ1) is 13.5. The Morgan fingerprint density at radius 2 is 2.17 bits per heavy atom. The molecule has 2 aromatic rings. The summed E-state index contributed by atoms with van der Waals surface area (Å²) in [7, 11) is -1.18. The number of pyridine rings is 1. The van der Waals surface area contributed by atoms with E-state index in [0.717, 1.165) is 10.0 Å². The summed E-state index contributed by atoms with van der Waals surface area (Å²) < 4.78 is 13.0. The van der Waals surface area contributed by atoms with Gasteiger partial charge in [0.25, 0.3) is 0 Å². The van der Waals surface area contributed by atoms with Gasteiger partial charge < -0.3 is 5.73 Å². The van der Waals surface area contributed by atoms with E-state index >= 15 is 0 Å². The van der Waals surface area contributed by atoms with Gasteiger partial charge in [-0.1, -0.05) is 11.6 Å². The molecule has 0 aliphatic heterocycles. The third kappa shape index (κ3) is 3.10. The molecule has 2 rings (SSSR count). The molecule has 3 nitrogen and oxygen atoms in total. The lowest BCUT2D eigenvalue weighted by atomic mass is 10.3. The molecule has 1 heterocycles. The number of nitrogens with zero attached hydrogens (tertiary/aromatic N) is 1. The van der Waals surface area contributed by atoms with Crippen LogP contribution in [0.3, 0.4) is 0 Å². The Balaban J connectivity index is 2.25. The molecule has 0 spiro atoms. The first-order valence-electron chi connectivity index (χ1n) is 5.09. The lowest BCUT2D eigenvalue weighted by Gasteiger charge is -2.07. The van der Waals surface area contributed by atoms with Crippen LogP contribution in [0.4, 0.5) is 5.69 Å². The molecule has 0 amide bonds. The van der Waals surface area contributed by atoms with Crippen molar-refractivity contribution in [2.24, 2.45) is 0 Å². The van der Waals surface area contributed by atoms with E-state index in [1.165, 1.54) is 0 Å². The molecule has 0 radical (unpaired) electrons. The van der Waals surface area contributed by atoms with Crippen molar-refractivity contribution in [3.05, 3.63) is 51.7 Å². The first-order chi connectivity index (χ1) is 8.58. The Kier molecular flexibility index (Phi) is 4.37. The predicted octanol–water partition coefficient (Wildman–Crippen LogP) is 3.39. The Bertz CT molecular complexity index is 606. The number of benzene rings is 1. The van der Waals surface area contributed by atoms with Gasteiger partial charge >= 0.3 is 0 Å². The Labute approximate surface area is 121 Å². The minimum absolute atomic E-state index is 0.351. The van der Waals surface area contributed by atoms with Crippen molar-refractivity contribution in [1.29, 1.82) is 0 Å². The molecule has 0 fully saturated rings. The SMILES string of the molecule is Nc1ccc(S(=O)Cc2ccncc2Cl)c(Br)c1. The summed E-state index contributed by atoms with van der Waals surface area (Å²) in [4.78, 5) is 4.60. The third-order valence-corrected chi connectivity index (χ3v) is 5.02. The van der Waals surface area contributed by atoms with E-state index in [2.05, 4.69) is 20.9 Å². The van der Waals surface area contributed by atoms with Gasteiger partial charge in [0.1, 0.15) is 0 Å². The molecule has 6 heteroatoms. The van der Waals surface area contributed by atoms with E-state index in [4.69, 9.17) is 17.3 Å². The fraction of sp³-hybridized carbons (Fsp3) is 0.0833. The van der Waals surface area contributed by atoms with Crippen LogP contribution in [-0.4, -0.2) is 9.19 Å². The zero-order chi connectivity index (χ0) is 13.1. The monoisotopic (exact) mass is 344 g/mol. The summed E-state index contributed by atoms with van der Waals surface area (Å²) in [5.41, 5.74) is 7.09. The lowest BCUT2D eigenvalue weighted by molar-refractivity contribution is 0.682. The summed E-state index contributed by atoms with van der Waals surface area (Å²) in [6.07, 6.45) is 3.18. The lowest BCUT2D eigenvalue weighted by Crippen LogP contribution is -1.99. The van der Waals surface area contributed by atoms with Crippen LogP contribution in [-0.2, 0) is 16.6 Å². The predicted molar refractivity (Wildman–Crippen MR) is 77.9 cm³/mol. The van der Waals surface area contributed by atoms with E-state index in [0.29, 0.717) is 21.4 Å². The van der Waals surface area contributed by atoms with Gasteiger partial charge in [-0.3, -0.25) is 9.19 Å². The molecule has 1 unspecified atom stereocenters. The molecule has 1 atom stereocenters. The molecule has 0 aliphatic rings. The molecular formula is C12H10BrClN2OS. The molecule has 94 valence electrons. The van der Waals surface area contributed by atoms with Gasteiger partial charge in [0, 0.05) is 22.6 Å². The second kappa shape index (κ2) is 5.82. The average molecular weight is 346 g/mol. The Morgan fingerprint density at radius 3 is 2.83 bits per heavy atom. The number of nitrogens with two attached hydrogens (primary N) is 1. The molecular weight excluding hydrogens is 336 g/mol. The number of nitrogen functional groups attached to an aromatic ring is 1. The van der Waals surface area contributed by atoms with Crippen molar-refractivity contribution in [3.63, 3.8) is 0 Å². The van der Waals surface area contributed by atoms with Gasteiger partial charge in [-0.05, 0) is 45.8 Å². The average Bonchev–Trinajstić information content (AvgIpc) is 2.32. The summed E-state index contributed by atoms with van der Waals surface area (Å²) >= 11 is 9.35. The Hall–Kier alpha value is -0.910. The summed E-state index contributed by atoms with van der Waals surface area (Å²) in [5, 5.41) is 0.525. The zero-order valence-electron chi connectivity index (χ0n) is 9.27. The van der Waals surface area contributed by atoms with E-state index in [1.807, 2.05) is 0 Å².